The van der Waals surface area contributed by atoms with Gasteiger partial charge in [0.25, 0.3) is 0 Å². The molecule has 8 heteroatoms. The first kappa shape index (κ1) is 22.3. The van der Waals surface area contributed by atoms with Crippen LogP contribution in [0.4, 0.5) is 13.2 Å². The van der Waals surface area contributed by atoms with E-state index in [1.165, 1.54) is 0 Å². The number of alkyl halides is 3. The van der Waals surface area contributed by atoms with Crippen LogP contribution in [0, 0.1) is 0 Å². The van der Waals surface area contributed by atoms with Crippen molar-refractivity contribution in [2.45, 2.75) is 23.6 Å². The summed E-state index contributed by atoms with van der Waals surface area (Å²) in [5.41, 5.74) is -3.25. The van der Waals surface area contributed by atoms with Crippen molar-refractivity contribution in [3.63, 3.8) is 0 Å². The number of benzene rings is 3. The second kappa shape index (κ2) is 9.16. The van der Waals surface area contributed by atoms with Crippen molar-refractivity contribution in [2.75, 3.05) is 0 Å². The highest BCUT2D eigenvalue weighted by Gasteiger charge is 2.53. The molecule has 3 nitrogen and oxygen atoms in total. The van der Waals surface area contributed by atoms with Gasteiger partial charge in [0, 0.05) is 0 Å². The molecule has 0 atom stereocenters. The molecule has 0 aliphatic rings. The van der Waals surface area contributed by atoms with Crippen molar-refractivity contribution in [3.8, 4) is 0 Å². The molecule has 30 heavy (non-hydrogen) atoms. The molecule has 0 aromatic heterocycles. The van der Waals surface area contributed by atoms with Crippen LogP contribution >= 0.6 is 0 Å². The van der Waals surface area contributed by atoms with E-state index in [9.17, 15) is 21.6 Å². The molecule has 0 saturated heterocycles. The fourth-order valence-electron chi connectivity index (χ4n) is 3.46. The monoisotopic (exact) mass is 450 g/mol. The van der Waals surface area contributed by atoms with Gasteiger partial charge in [0.15, 0.2) is 0 Å². The minimum absolute atomic E-state index is 0.132. The van der Waals surface area contributed by atoms with Crippen LogP contribution < -0.4 is 0 Å². The van der Waals surface area contributed by atoms with Crippen LogP contribution in [0.3, 0.4) is 0 Å². The van der Waals surface area contributed by atoms with Crippen LogP contribution in [0.15, 0.2) is 91.0 Å². The maximum Gasteiger partial charge on any atom is 0.522 e. The molecule has 0 saturated carbocycles. The Labute approximate surface area is 175 Å². The molecule has 0 aliphatic carbocycles. The molecule has 0 unspecified atom stereocenters. The fourth-order valence-corrected chi connectivity index (χ4v) is 9.72. The van der Waals surface area contributed by atoms with Crippen LogP contribution in [-0.4, -0.2) is 22.2 Å². The Morgan fingerprint density at radius 2 is 0.933 bits per heavy atom. The quantitative estimate of drug-likeness (QED) is 0.352. The lowest BCUT2D eigenvalue weighted by Crippen LogP contribution is -2.51. The zero-order valence-electron chi connectivity index (χ0n) is 16.0. The summed E-state index contributed by atoms with van der Waals surface area (Å²) in [5, 5.41) is 0. The molecule has 3 aromatic rings. The molecular formula is C22H21F3O3SSi. The molecule has 0 bridgehead atoms. The summed E-state index contributed by atoms with van der Waals surface area (Å²) in [6.45, 7) is 0. The molecular weight excluding hydrogens is 429 g/mol. The second-order valence-corrected chi connectivity index (χ2v) is 12.6. The van der Waals surface area contributed by atoms with Gasteiger partial charge in [-0.3, -0.25) is 0 Å². The Bertz CT molecular complexity index is 940. The number of halogens is 3. The highest BCUT2D eigenvalue weighted by Crippen LogP contribution is 2.32. The normalized spacial score (nSPS) is 12.6. The highest BCUT2D eigenvalue weighted by molar-refractivity contribution is 7.88. The topological polar surface area (TPSA) is 43.4 Å². The molecule has 0 amide bonds. The first-order chi connectivity index (χ1) is 14.2. The summed E-state index contributed by atoms with van der Waals surface area (Å²) in [7, 11) is -9.33. The molecule has 0 N–H and O–H groups in total. The Kier molecular flexibility index (Phi) is 6.80. The standard InChI is InChI=1S/C22H21F3O3SSi/c23-22(24,25)29(26,27)28-30(16-19-10-4-1-5-11-19,17-20-12-6-2-7-13-20)18-21-14-8-3-9-15-21/h1-15H,16-18H2. The van der Waals surface area contributed by atoms with Crippen molar-refractivity contribution in [1.82, 2.24) is 0 Å². The van der Waals surface area contributed by atoms with Crippen LogP contribution in [0.1, 0.15) is 16.7 Å². The van der Waals surface area contributed by atoms with E-state index in [-0.39, 0.29) is 18.1 Å². The minimum Gasteiger partial charge on any atom is -0.307 e. The Balaban J connectivity index is 2.10. The maximum absolute atomic E-state index is 13.3. The van der Waals surface area contributed by atoms with Crippen LogP contribution in [0.2, 0.25) is 0 Å². The van der Waals surface area contributed by atoms with Gasteiger partial charge in [0.05, 0.1) is 0 Å². The molecule has 0 radical (unpaired) electrons. The van der Waals surface area contributed by atoms with E-state index < -0.39 is 23.9 Å². The van der Waals surface area contributed by atoms with Crippen LogP contribution in [-0.2, 0) is 32.1 Å². The molecule has 0 aliphatic heterocycles. The summed E-state index contributed by atoms with van der Waals surface area (Å²) in [5.74, 6) is 0. The zero-order valence-corrected chi connectivity index (χ0v) is 17.9. The van der Waals surface area contributed by atoms with Gasteiger partial charge < -0.3 is 3.87 Å². The molecule has 0 spiro atoms. The SMILES string of the molecule is O=S(=O)(O[Si](Cc1ccccc1)(Cc1ccccc1)Cc1ccccc1)C(F)(F)F. The fraction of sp³-hybridized carbons (Fsp3) is 0.182. The van der Waals surface area contributed by atoms with E-state index in [0.717, 1.165) is 16.7 Å². The van der Waals surface area contributed by atoms with Gasteiger partial charge in [-0.05, 0) is 34.8 Å². The van der Waals surface area contributed by atoms with Gasteiger partial charge in [-0.25, -0.2) is 0 Å². The zero-order chi connectivity index (χ0) is 21.7. The van der Waals surface area contributed by atoms with Crippen molar-refractivity contribution >= 4 is 18.4 Å². The maximum atomic E-state index is 13.3. The average Bonchev–Trinajstić information content (AvgIpc) is 2.69. The van der Waals surface area contributed by atoms with Crippen LogP contribution in [0.5, 0.6) is 0 Å². The minimum atomic E-state index is -5.75. The summed E-state index contributed by atoms with van der Waals surface area (Å²) >= 11 is 0. The van der Waals surface area contributed by atoms with E-state index in [1.807, 2.05) is 0 Å². The smallest absolute Gasteiger partial charge is 0.307 e. The van der Waals surface area contributed by atoms with Crippen molar-refractivity contribution in [1.29, 1.82) is 0 Å². The first-order valence-electron chi connectivity index (χ1n) is 9.33. The van der Waals surface area contributed by atoms with Crippen molar-refractivity contribution < 1.29 is 25.5 Å². The second-order valence-electron chi connectivity index (χ2n) is 7.15. The summed E-state index contributed by atoms with van der Waals surface area (Å²) < 4.78 is 69.3. The Hall–Kier alpha value is -2.42. The molecule has 3 rings (SSSR count). The molecule has 158 valence electrons. The average molecular weight is 451 g/mol. The number of hydrogen-bond acceptors (Lipinski definition) is 3. The van der Waals surface area contributed by atoms with Gasteiger partial charge >= 0.3 is 15.6 Å². The summed E-state index contributed by atoms with van der Waals surface area (Å²) in [6, 6.07) is 27.1. The third-order valence-corrected chi connectivity index (χ3v) is 10.7. The number of rotatable bonds is 8. The van der Waals surface area contributed by atoms with Crippen LogP contribution in [0.25, 0.3) is 0 Å². The predicted molar refractivity (Wildman–Crippen MR) is 112 cm³/mol. The summed E-state index contributed by atoms with van der Waals surface area (Å²) in [6.07, 6.45) is 0. The van der Waals surface area contributed by atoms with E-state index >= 15 is 0 Å². The molecule has 3 aromatic carbocycles. The van der Waals surface area contributed by atoms with Crippen molar-refractivity contribution in [2.24, 2.45) is 0 Å². The highest BCUT2D eigenvalue weighted by atomic mass is 32.2. The van der Waals surface area contributed by atoms with Gasteiger partial charge in [-0.1, -0.05) is 91.0 Å². The molecule has 0 heterocycles. The van der Waals surface area contributed by atoms with Gasteiger partial charge in [0.1, 0.15) is 0 Å². The first-order valence-corrected chi connectivity index (χ1v) is 13.3. The van der Waals surface area contributed by atoms with E-state index in [2.05, 4.69) is 0 Å². The lowest BCUT2D eigenvalue weighted by atomic mass is 10.2. The molecule has 0 fully saturated rings. The largest absolute Gasteiger partial charge is 0.522 e. The van der Waals surface area contributed by atoms with E-state index in [1.54, 1.807) is 91.0 Å². The number of hydrogen-bond donors (Lipinski definition) is 0. The van der Waals surface area contributed by atoms with Gasteiger partial charge in [-0.15, -0.1) is 0 Å². The Morgan fingerprint density at radius 1 is 0.633 bits per heavy atom. The summed E-state index contributed by atoms with van der Waals surface area (Å²) in [4.78, 5) is 0. The van der Waals surface area contributed by atoms with E-state index in [0.29, 0.717) is 0 Å². The third-order valence-electron chi connectivity index (χ3n) is 4.68. The lowest BCUT2D eigenvalue weighted by molar-refractivity contribution is -0.0504. The van der Waals surface area contributed by atoms with E-state index in [4.69, 9.17) is 3.87 Å². The predicted octanol–water partition coefficient (Wildman–Crippen LogP) is 5.14. The van der Waals surface area contributed by atoms with Crippen molar-refractivity contribution in [3.05, 3.63) is 108 Å². The van der Waals surface area contributed by atoms with Gasteiger partial charge in [-0.2, -0.15) is 21.6 Å². The lowest BCUT2D eigenvalue weighted by Gasteiger charge is -2.31. The Morgan fingerprint density at radius 3 is 1.20 bits per heavy atom. The third kappa shape index (κ3) is 5.81. The van der Waals surface area contributed by atoms with Gasteiger partial charge in [0.2, 0.25) is 8.32 Å².